The molecule has 0 aromatic rings. The van der Waals surface area contributed by atoms with E-state index in [2.05, 4.69) is 39.3 Å². The van der Waals surface area contributed by atoms with E-state index in [0.29, 0.717) is 0 Å². The second-order valence-corrected chi connectivity index (χ2v) is 2.16. The molecule has 44 valence electrons. The van der Waals surface area contributed by atoms with Crippen molar-refractivity contribution in [2.45, 2.75) is 0 Å². The fraction of sp³-hybridized carbons (Fsp3) is 0.200. The van der Waals surface area contributed by atoms with E-state index in [1.54, 1.807) is 19.3 Å². The molecule has 0 aliphatic rings. The first-order chi connectivity index (χ1) is 3.81. The monoisotopic (exact) mass is 222 g/mol. The van der Waals surface area contributed by atoms with Gasteiger partial charge in [-0.2, -0.15) is 0 Å². The van der Waals surface area contributed by atoms with E-state index in [1.807, 2.05) is 0 Å². The molecule has 0 aliphatic carbocycles. The number of halogens is 1. The highest BCUT2D eigenvalue weighted by atomic mass is 127. The third kappa shape index (κ3) is 3.98. The second-order valence-electron chi connectivity index (χ2n) is 1.05. The maximum absolute atomic E-state index is 3.73. The number of hydrogen-bond donors (Lipinski definition) is 0. The summed E-state index contributed by atoms with van der Waals surface area (Å²) in [6.45, 7) is 3.33. The zero-order valence-corrected chi connectivity index (χ0v) is 6.79. The SMILES string of the molecule is C=N/C(I)=C\C=N/C. The van der Waals surface area contributed by atoms with Gasteiger partial charge in [0.2, 0.25) is 0 Å². The molecule has 8 heavy (non-hydrogen) atoms. The van der Waals surface area contributed by atoms with E-state index >= 15 is 0 Å². The Morgan fingerprint density at radius 3 is 2.75 bits per heavy atom. The van der Waals surface area contributed by atoms with E-state index < -0.39 is 0 Å². The highest BCUT2D eigenvalue weighted by Gasteiger charge is 1.74. The van der Waals surface area contributed by atoms with Gasteiger partial charge in [0.05, 0.1) is 0 Å². The van der Waals surface area contributed by atoms with Gasteiger partial charge < -0.3 is 0 Å². The minimum atomic E-state index is 0.855. The van der Waals surface area contributed by atoms with Crippen molar-refractivity contribution in [1.29, 1.82) is 0 Å². The lowest BCUT2D eigenvalue weighted by molar-refractivity contribution is 1.47. The van der Waals surface area contributed by atoms with Gasteiger partial charge in [-0.15, -0.1) is 0 Å². The van der Waals surface area contributed by atoms with Crippen molar-refractivity contribution in [3.63, 3.8) is 0 Å². The molecule has 0 saturated heterocycles. The van der Waals surface area contributed by atoms with Crippen LogP contribution in [-0.4, -0.2) is 20.0 Å². The van der Waals surface area contributed by atoms with Gasteiger partial charge in [-0.25, -0.2) is 0 Å². The number of aliphatic imine (C=N–C) groups is 2. The minimum Gasteiger partial charge on any atom is -0.296 e. The first kappa shape index (κ1) is 7.81. The lowest BCUT2D eigenvalue weighted by atomic mass is 10.7. The van der Waals surface area contributed by atoms with Crippen molar-refractivity contribution < 1.29 is 0 Å². The van der Waals surface area contributed by atoms with Gasteiger partial charge in [0.15, 0.2) is 0 Å². The minimum absolute atomic E-state index is 0.855. The van der Waals surface area contributed by atoms with Crippen molar-refractivity contribution in [2.24, 2.45) is 9.98 Å². The molecule has 3 heteroatoms. The Bertz CT molecular complexity index is 126. The Morgan fingerprint density at radius 2 is 2.38 bits per heavy atom. The van der Waals surface area contributed by atoms with Crippen LogP contribution in [-0.2, 0) is 0 Å². The zero-order valence-electron chi connectivity index (χ0n) is 4.63. The van der Waals surface area contributed by atoms with Gasteiger partial charge in [-0.3, -0.25) is 9.98 Å². The van der Waals surface area contributed by atoms with Gasteiger partial charge in [-0.1, -0.05) is 0 Å². The molecule has 0 bridgehead atoms. The zero-order chi connectivity index (χ0) is 6.41. The largest absolute Gasteiger partial charge is 0.296 e. The molecule has 0 rings (SSSR count). The van der Waals surface area contributed by atoms with Gasteiger partial charge in [0.1, 0.15) is 3.70 Å². The second kappa shape index (κ2) is 4.96. The predicted octanol–water partition coefficient (Wildman–Crippen LogP) is 1.66. The molecular weight excluding hydrogens is 215 g/mol. The molecule has 0 heterocycles. The fourth-order valence-electron chi connectivity index (χ4n) is 0.189. The highest BCUT2D eigenvalue weighted by molar-refractivity contribution is 14.1. The van der Waals surface area contributed by atoms with Crippen molar-refractivity contribution >= 4 is 35.5 Å². The van der Waals surface area contributed by atoms with Crippen LogP contribution in [0.3, 0.4) is 0 Å². The van der Waals surface area contributed by atoms with Gasteiger partial charge >= 0.3 is 0 Å². The smallest absolute Gasteiger partial charge is 0.102 e. The van der Waals surface area contributed by atoms with Crippen LogP contribution in [0.5, 0.6) is 0 Å². The first-order valence-corrected chi connectivity index (χ1v) is 3.13. The molecule has 0 aromatic carbocycles. The van der Waals surface area contributed by atoms with Gasteiger partial charge in [0.25, 0.3) is 0 Å². The van der Waals surface area contributed by atoms with Gasteiger partial charge in [-0.05, 0) is 35.4 Å². The summed E-state index contributed by atoms with van der Waals surface area (Å²) < 4.78 is 0.855. The Hall–Kier alpha value is -0.190. The molecule has 0 radical (unpaired) electrons. The van der Waals surface area contributed by atoms with Gasteiger partial charge in [0, 0.05) is 13.3 Å². The molecule has 0 aliphatic heterocycles. The topological polar surface area (TPSA) is 24.7 Å². The number of rotatable bonds is 2. The Morgan fingerprint density at radius 1 is 1.75 bits per heavy atom. The average molecular weight is 222 g/mol. The average Bonchev–Trinajstić information content (AvgIpc) is 1.83. The standard InChI is InChI=1S/C5H7IN2/c1-7-4-3-5(6)8-2/h3-4H,2H2,1H3/b5-3-,7-4-. The summed E-state index contributed by atoms with van der Waals surface area (Å²) in [6, 6.07) is 0. The Labute approximate surface area is 62.6 Å². The molecule has 0 aromatic heterocycles. The van der Waals surface area contributed by atoms with E-state index in [4.69, 9.17) is 0 Å². The summed E-state index contributed by atoms with van der Waals surface area (Å²) in [6.07, 6.45) is 3.46. The highest BCUT2D eigenvalue weighted by Crippen LogP contribution is 2.02. The Kier molecular flexibility index (Phi) is 4.84. The molecule has 0 saturated carbocycles. The molecule has 2 nitrogen and oxygen atoms in total. The van der Waals surface area contributed by atoms with E-state index in [1.165, 1.54) is 0 Å². The molecule has 0 N–H and O–H groups in total. The molecule has 0 spiro atoms. The van der Waals surface area contributed by atoms with Crippen molar-refractivity contribution in [1.82, 2.24) is 0 Å². The summed E-state index contributed by atoms with van der Waals surface area (Å²) in [5, 5.41) is 0. The van der Waals surface area contributed by atoms with Crippen LogP contribution >= 0.6 is 22.6 Å². The van der Waals surface area contributed by atoms with Crippen LogP contribution in [0.15, 0.2) is 19.8 Å². The van der Waals surface area contributed by atoms with Crippen molar-refractivity contribution in [3.05, 3.63) is 9.78 Å². The van der Waals surface area contributed by atoms with E-state index in [-0.39, 0.29) is 0 Å². The van der Waals surface area contributed by atoms with E-state index in [0.717, 1.165) is 3.70 Å². The maximum Gasteiger partial charge on any atom is 0.102 e. The Balaban J connectivity index is 3.74. The number of hydrogen-bond acceptors (Lipinski definition) is 2. The summed E-state index contributed by atoms with van der Waals surface area (Å²) in [7, 11) is 1.71. The predicted molar refractivity (Wildman–Crippen MR) is 46.1 cm³/mol. The molecular formula is C5H7IN2. The quantitative estimate of drug-likeness (QED) is 0.385. The van der Waals surface area contributed by atoms with Crippen LogP contribution in [0, 0.1) is 0 Å². The first-order valence-electron chi connectivity index (χ1n) is 2.06. The third-order valence-electron chi connectivity index (χ3n) is 0.512. The van der Waals surface area contributed by atoms with Crippen molar-refractivity contribution in [3.8, 4) is 0 Å². The lowest BCUT2D eigenvalue weighted by Crippen LogP contribution is -1.64. The van der Waals surface area contributed by atoms with E-state index in [9.17, 15) is 0 Å². The molecule has 0 fully saturated rings. The van der Waals surface area contributed by atoms with Crippen LogP contribution in [0.25, 0.3) is 0 Å². The normalized spacial score (nSPS) is 12.5. The summed E-state index contributed by atoms with van der Waals surface area (Å²) >= 11 is 2.07. The number of allylic oxidation sites excluding steroid dienone is 1. The lowest BCUT2D eigenvalue weighted by Gasteiger charge is -1.78. The summed E-state index contributed by atoms with van der Waals surface area (Å²) in [5.74, 6) is 0. The van der Waals surface area contributed by atoms with Crippen LogP contribution in [0.4, 0.5) is 0 Å². The summed E-state index contributed by atoms with van der Waals surface area (Å²) in [5.41, 5.74) is 0. The third-order valence-corrected chi connectivity index (χ3v) is 1.21. The molecule has 0 amide bonds. The fourth-order valence-corrected chi connectivity index (χ4v) is 0.350. The summed E-state index contributed by atoms with van der Waals surface area (Å²) in [4.78, 5) is 7.36. The van der Waals surface area contributed by atoms with Crippen LogP contribution < -0.4 is 0 Å². The van der Waals surface area contributed by atoms with Crippen LogP contribution in [0.1, 0.15) is 0 Å². The maximum atomic E-state index is 3.73. The molecule has 0 unspecified atom stereocenters. The molecule has 0 atom stereocenters. The van der Waals surface area contributed by atoms with Crippen LogP contribution in [0.2, 0.25) is 0 Å². The number of nitrogens with zero attached hydrogens (tertiary/aromatic N) is 2. The van der Waals surface area contributed by atoms with Crippen molar-refractivity contribution in [2.75, 3.05) is 7.05 Å².